The zero-order valence-electron chi connectivity index (χ0n) is 17.4. The molecule has 0 saturated carbocycles. The predicted octanol–water partition coefficient (Wildman–Crippen LogP) is 5.28. The monoisotopic (exact) mass is 462 g/mol. The number of rotatable bonds is 8. The van der Waals surface area contributed by atoms with Gasteiger partial charge in [0.1, 0.15) is 5.75 Å². The Balaban J connectivity index is 1.77. The van der Waals surface area contributed by atoms with E-state index in [1.807, 2.05) is 28.8 Å². The van der Waals surface area contributed by atoms with Crippen LogP contribution in [-0.2, 0) is 17.5 Å². The number of nitrogens with one attached hydrogen (secondary N) is 1. The molecule has 0 fully saturated rings. The molecule has 1 aromatic heterocycles. The van der Waals surface area contributed by atoms with Crippen molar-refractivity contribution in [3.05, 3.63) is 66.7 Å². The molecule has 1 atom stereocenters. The molecule has 1 N–H and O–H groups in total. The number of nitrogens with zero attached hydrogens (tertiary/aromatic N) is 3. The van der Waals surface area contributed by atoms with Gasteiger partial charge in [-0.1, -0.05) is 30.0 Å². The third-order valence-electron chi connectivity index (χ3n) is 4.51. The molecule has 6 nitrogen and oxygen atoms in total. The summed E-state index contributed by atoms with van der Waals surface area (Å²) in [6.45, 7) is 5.87. The number of alkyl halides is 3. The average molecular weight is 462 g/mol. The van der Waals surface area contributed by atoms with Crippen LogP contribution in [0.1, 0.15) is 12.5 Å². The highest BCUT2D eigenvalue weighted by atomic mass is 32.2. The molecular weight excluding hydrogens is 441 g/mol. The highest BCUT2D eigenvalue weighted by Crippen LogP contribution is 2.33. The summed E-state index contributed by atoms with van der Waals surface area (Å²) < 4.78 is 45.3. The van der Waals surface area contributed by atoms with Crippen LogP contribution in [0.25, 0.3) is 11.4 Å². The minimum absolute atomic E-state index is 0.276. The van der Waals surface area contributed by atoms with Crippen LogP contribution < -0.4 is 10.1 Å². The van der Waals surface area contributed by atoms with Gasteiger partial charge in [0.2, 0.25) is 5.91 Å². The summed E-state index contributed by atoms with van der Waals surface area (Å²) in [6, 6.07) is 11.7. The van der Waals surface area contributed by atoms with Crippen molar-refractivity contribution in [3.63, 3.8) is 0 Å². The summed E-state index contributed by atoms with van der Waals surface area (Å²) >= 11 is 1.18. The first-order valence-corrected chi connectivity index (χ1v) is 10.4. The van der Waals surface area contributed by atoms with E-state index >= 15 is 0 Å². The fourth-order valence-corrected chi connectivity index (χ4v) is 3.75. The van der Waals surface area contributed by atoms with Crippen molar-refractivity contribution in [1.29, 1.82) is 0 Å². The number of carbonyl (C=O) groups is 1. The van der Waals surface area contributed by atoms with Gasteiger partial charge in [0.05, 0.1) is 23.5 Å². The first-order valence-electron chi connectivity index (χ1n) is 9.57. The third kappa shape index (κ3) is 5.31. The summed E-state index contributed by atoms with van der Waals surface area (Å²) in [4.78, 5) is 12.6. The van der Waals surface area contributed by atoms with Crippen LogP contribution in [0.3, 0.4) is 0 Å². The van der Waals surface area contributed by atoms with Gasteiger partial charge in [-0.3, -0.25) is 9.36 Å². The van der Waals surface area contributed by atoms with Gasteiger partial charge in [0.15, 0.2) is 11.0 Å². The topological polar surface area (TPSA) is 69.0 Å². The predicted molar refractivity (Wildman–Crippen MR) is 118 cm³/mol. The number of hydrogen-bond donors (Lipinski definition) is 1. The molecule has 10 heteroatoms. The second-order valence-corrected chi connectivity index (χ2v) is 8.04. The fourth-order valence-electron chi connectivity index (χ4n) is 2.90. The van der Waals surface area contributed by atoms with Gasteiger partial charge in [-0.05, 0) is 43.3 Å². The Labute approximate surface area is 187 Å². The Morgan fingerprint density at radius 2 is 1.91 bits per heavy atom. The van der Waals surface area contributed by atoms with Gasteiger partial charge in [-0.15, -0.1) is 16.8 Å². The molecular formula is C22H21F3N4O2S. The van der Waals surface area contributed by atoms with Crippen molar-refractivity contribution >= 4 is 23.4 Å². The number of allylic oxidation sites excluding steroid dienone is 1. The zero-order chi connectivity index (χ0) is 23.3. The molecule has 0 spiro atoms. The minimum atomic E-state index is -4.43. The third-order valence-corrected chi connectivity index (χ3v) is 5.59. The Hall–Kier alpha value is -3.27. The van der Waals surface area contributed by atoms with Gasteiger partial charge in [0, 0.05) is 12.2 Å². The van der Waals surface area contributed by atoms with Crippen molar-refractivity contribution in [2.75, 3.05) is 12.4 Å². The molecule has 0 saturated heterocycles. The maximum atomic E-state index is 12.7. The van der Waals surface area contributed by atoms with Crippen molar-refractivity contribution in [2.45, 2.75) is 30.1 Å². The largest absolute Gasteiger partial charge is 0.496 e. The number of ether oxygens (including phenoxy) is 1. The highest BCUT2D eigenvalue weighted by Gasteiger charge is 2.30. The van der Waals surface area contributed by atoms with E-state index in [0.29, 0.717) is 23.3 Å². The van der Waals surface area contributed by atoms with E-state index in [4.69, 9.17) is 4.74 Å². The molecule has 0 aliphatic heterocycles. The lowest BCUT2D eigenvalue weighted by Gasteiger charge is -2.14. The van der Waals surface area contributed by atoms with Crippen LogP contribution in [0.15, 0.2) is 66.3 Å². The molecule has 32 heavy (non-hydrogen) atoms. The Kier molecular flexibility index (Phi) is 7.24. The van der Waals surface area contributed by atoms with E-state index in [2.05, 4.69) is 22.1 Å². The number of para-hydroxylation sites is 1. The number of carbonyl (C=O) groups excluding carboxylic acids is 1. The number of anilines is 1. The van der Waals surface area contributed by atoms with Gasteiger partial charge in [0.25, 0.3) is 0 Å². The van der Waals surface area contributed by atoms with Crippen molar-refractivity contribution in [3.8, 4) is 17.1 Å². The molecule has 1 amide bonds. The van der Waals surface area contributed by atoms with E-state index in [1.165, 1.54) is 23.9 Å². The maximum absolute atomic E-state index is 12.7. The molecule has 168 valence electrons. The number of benzene rings is 2. The van der Waals surface area contributed by atoms with Gasteiger partial charge >= 0.3 is 6.18 Å². The Morgan fingerprint density at radius 3 is 2.53 bits per heavy atom. The maximum Gasteiger partial charge on any atom is 0.416 e. The fraction of sp³-hybridized carbons (Fsp3) is 0.227. The van der Waals surface area contributed by atoms with Crippen LogP contribution >= 0.6 is 11.8 Å². The lowest BCUT2D eigenvalue weighted by molar-refractivity contribution is -0.137. The Morgan fingerprint density at radius 1 is 1.22 bits per heavy atom. The van der Waals surface area contributed by atoms with Crippen molar-refractivity contribution in [2.24, 2.45) is 0 Å². The molecule has 3 aromatic rings. The summed E-state index contributed by atoms with van der Waals surface area (Å²) in [5.74, 6) is 0.830. The second kappa shape index (κ2) is 9.90. The standard InChI is InChI=1S/C22H21F3N4O2S/c1-4-13-29-19(17-7-5-6-8-18(17)31-3)27-28-21(29)32-14(2)20(30)26-16-11-9-15(10-12-16)22(23,24)25/h4-12,14H,1,13H2,2-3H3,(H,26,30). The second-order valence-electron chi connectivity index (χ2n) is 6.73. The van der Waals surface area contributed by atoms with E-state index in [9.17, 15) is 18.0 Å². The number of hydrogen-bond acceptors (Lipinski definition) is 5. The van der Waals surface area contributed by atoms with E-state index in [1.54, 1.807) is 20.1 Å². The van der Waals surface area contributed by atoms with E-state index in [-0.39, 0.29) is 11.6 Å². The highest BCUT2D eigenvalue weighted by molar-refractivity contribution is 8.00. The lowest BCUT2D eigenvalue weighted by Crippen LogP contribution is -2.23. The normalized spacial score (nSPS) is 12.3. The van der Waals surface area contributed by atoms with Crippen LogP contribution in [0.2, 0.25) is 0 Å². The van der Waals surface area contributed by atoms with Crippen molar-refractivity contribution < 1.29 is 22.7 Å². The molecule has 1 heterocycles. The lowest BCUT2D eigenvalue weighted by atomic mass is 10.2. The Bertz CT molecular complexity index is 1100. The summed E-state index contributed by atoms with van der Waals surface area (Å²) in [6.07, 6.45) is -2.74. The SMILES string of the molecule is C=CCn1c(SC(C)C(=O)Nc2ccc(C(F)(F)F)cc2)nnc1-c1ccccc1OC. The van der Waals surface area contributed by atoms with Crippen LogP contribution in [-0.4, -0.2) is 33.0 Å². The number of aromatic nitrogens is 3. The van der Waals surface area contributed by atoms with Gasteiger partial charge in [-0.2, -0.15) is 13.2 Å². The van der Waals surface area contributed by atoms with Crippen LogP contribution in [0, 0.1) is 0 Å². The number of thioether (sulfide) groups is 1. The first kappa shape index (κ1) is 23.4. The van der Waals surface area contributed by atoms with Crippen molar-refractivity contribution in [1.82, 2.24) is 14.8 Å². The zero-order valence-corrected chi connectivity index (χ0v) is 18.2. The molecule has 0 aliphatic rings. The molecule has 2 aromatic carbocycles. The summed E-state index contributed by atoms with van der Waals surface area (Å²) in [5.41, 5.74) is 0.245. The van der Waals surface area contributed by atoms with Gasteiger partial charge in [-0.25, -0.2) is 0 Å². The number of halogens is 3. The first-order chi connectivity index (χ1) is 15.2. The summed E-state index contributed by atoms with van der Waals surface area (Å²) in [5, 5.41) is 11.0. The molecule has 3 rings (SSSR count). The molecule has 0 radical (unpaired) electrons. The number of methoxy groups -OCH3 is 1. The van der Waals surface area contributed by atoms with E-state index in [0.717, 1.165) is 17.7 Å². The summed E-state index contributed by atoms with van der Waals surface area (Å²) in [7, 11) is 1.57. The molecule has 0 aliphatic carbocycles. The number of amides is 1. The van der Waals surface area contributed by atoms with E-state index < -0.39 is 17.0 Å². The smallest absolute Gasteiger partial charge is 0.416 e. The molecule has 0 bridgehead atoms. The van der Waals surface area contributed by atoms with Gasteiger partial charge < -0.3 is 10.1 Å². The molecule has 1 unspecified atom stereocenters. The minimum Gasteiger partial charge on any atom is -0.496 e. The van der Waals surface area contributed by atoms with Crippen LogP contribution in [0.4, 0.5) is 18.9 Å². The average Bonchev–Trinajstić information content (AvgIpc) is 3.15. The quantitative estimate of drug-likeness (QED) is 0.365. The van der Waals surface area contributed by atoms with Crippen LogP contribution in [0.5, 0.6) is 5.75 Å².